The van der Waals surface area contributed by atoms with Gasteiger partial charge in [0, 0.05) is 30.9 Å². The van der Waals surface area contributed by atoms with Gasteiger partial charge < -0.3 is 15.0 Å². The Balaban J connectivity index is 1.80. The highest BCUT2D eigenvalue weighted by Crippen LogP contribution is 2.31. The van der Waals surface area contributed by atoms with Crippen molar-refractivity contribution >= 4 is 5.69 Å². The van der Waals surface area contributed by atoms with E-state index in [-0.39, 0.29) is 11.4 Å². The maximum atomic E-state index is 13.6. The zero-order valence-electron chi connectivity index (χ0n) is 13.2. The van der Waals surface area contributed by atoms with Crippen molar-refractivity contribution in [2.24, 2.45) is 0 Å². The molecule has 0 radical (unpaired) electrons. The molecule has 21 heavy (non-hydrogen) atoms. The van der Waals surface area contributed by atoms with Crippen molar-refractivity contribution in [3.63, 3.8) is 0 Å². The highest BCUT2D eigenvalue weighted by Gasteiger charge is 2.34. The van der Waals surface area contributed by atoms with Gasteiger partial charge in [-0.1, -0.05) is 0 Å². The van der Waals surface area contributed by atoms with E-state index in [0.29, 0.717) is 18.8 Å². The van der Waals surface area contributed by atoms with E-state index in [0.717, 1.165) is 37.2 Å². The molecule has 0 spiro atoms. The van der Waals surface area contributed by atoms with E-state index in [1.165, 1.54) is 0 Å². The zero-order chi connectivity index (χ0) is 15.0. The maximum Gasteiger partial charge on any atom is 0.123 e. The minimum Gasteiger partial charge on any atom is -0.371 e. The number of morpholine rings is 1. The molecule has 2 aliphatic heterocycles. The van der Waals surface area contributed by atoms with Gasteiger partial charge in [0.25, 0.3) is 0 Å². The maximum absolute atomic E-state index is 13.6. The number of rotatable bonds is 3. The van der Waals surface area contributed by atoms with E-state index < -0.39 is 0 Å². The summed E-state index contributed by atoms with van der Waals surface area (Å²) in [4.78, 5) is 2.37. The topological polar surface area (TPSA) is 24.5 Å². The molecule has 1 aromatic rings. The molecular formula is C17H25FN2O. The number of benzene rings is 1. The summed E-state index contributed by atoms with van der Waals surface area (Å²) < 4.78 is 19.5. The molecule has 116 valence electrons. The summed E-state index contributed by atoms with van der Waals surface area (Å²) in [6.45, 7) is 8.90. The molecule has 1 aromatic carbocycles. The molecule has 2 saturated heterocycles. The third kappa shape index (κ3) is 3.55. The lowest BCUT2D eigenvalue weighted by Gasteiger charge is -2.35. The molecule has 2 heterocycles. The second-order valence-electron chi connectivity index (χ2n) is 7.24. The Bertz CT molecular complexity index is 500. The van der Waals surface area contributed by atoms with Gasteiger partial charge in [0.2, 0.25) is 0 Å². The Kier molecular flexibility index (Phi) is 3.93. The molecule has 0 saturated carbocycles. The summed E-state index contributed by atoms with van der Waals surface area (Å²) in [7, 11) is 0. The van der Waals surface area contributed by atoms with Gasteiger partial charge in [-0.15, -0.1) is 0 Å². The van der Waals surface area contributed by atoms with E-state index in [9.17, 15) is 4.39 Å². The van der Waals surface area contributed by atoms with Crippen LogP contribution in [0.4, 0.5) is 10.1 Å². The summed E-state index contributed by atoms with van der Waals surface area (Å²) >= 11 is 0. The lowest BCUT2D eigenvalue weighted by molar-refractivity contribution is 0.0304. The number of fused-ring (bicyclic) bond motifs is 2. The molecule has 2 aliphatic rings. The third-order valence-corrected chi connectivity index (χ3v) is 4.23. The van der Waals surface area contributed by atoms with Crippen LogP contribution in [0.15, 0.2) is 18.2 Å². The van der Waals surface area contributed by atoms with Crippen LogP contribution >= 0.6 is 0 Å². The van der Waals surface area contributed by atoms with Gasteiger partial charge in [-0.05, 0) is 57.4 Å². The molecule has 2 bridgehead atoms. The number of nitrogens with zero attached hydrogens (tertiary/aromatic N) is 1. The van der Waals surface area contributed by atoms with E-state index in [2.05, 4.69) is 31.0 Å². The fraction of sp³-hybridized carbons (Fsp3) is 0.647. The summed E-state index contributed by atoms with van der Waals surface area (Å²) in [5, 5.41) is 3.46. The molecule has 1 N–H and O–H groups in total. The van der Waals surface area contributed by atoms with E-state index in [4.69, 9.17) is 4.74 Å². The average molecular weight is 292 g/mol. The van der Waals surface area contributed by atoms with Crippen LogP contribution in [0.25, 0.3) is 0 Å². The number of nitrogens with one attached hydrogen (secondary N) is 1. The summed E-state index contributed by atoms with van der Waals surface area (Å²) in [5.41, 5.74) is 2.20. The second kappa shape index (κ2) is 5.58. The van der Waals surface area contributed by atoms with Gasteiger partial charge in [0.05, 0.1) is 12.2 Å². The molecular weight excluding hydrogens is 267 g/mol. The van der Waals surface area contributed by atoms with Crippen molar-refractivity contribution in [3.8, 4) is 0 Å². The van der Waals surface area contributed by atoms with Crippen LogP contribution < -0.4 is 10.2 Å². The molecule has 2 atom stereocenters. The lowest BCUT2D eigenvalue weighted by atomic mass is 10.1. The van der Waals surface area contributed by atoms with Crippen molar-refractivity contribution in [2.45, 2.75) is 57.9 Å². The van der Waals surface area contributed by atoms with Crippen molar-refractivity contribution < 1.29 is 9.13 Å². The Labute approximate surface area is 126 Å². The minimum atomic E-state index is -0.166. The van der Waals surface area contributed by atoms with Crippen LogP contribution in [0.5, 0.6) is 0 Å². The first-order chi connectivity index (χ1) is 9.90. The third-order valence-electron chi connectivity index (χ3n) is 4.23. The van der Waals surface area contributed by atoms with E-state index in [1.54, 1.807) is 12.1 Å². The van der Waals surface area contributed by atoms with E-state index in [1.807, 2.05) is 6.07 Å². The molecule has 2 unspecified atom stereocenters. The van der Waals surface area contributed by atoms with Gasteiger partial charge in [0.15, 0.2) is 0 Å². The highest BCUT2D eigenvalue weighted by atomic mass is 19.1. The van der Waals surface area contributed by atoms with Crippen LogP contribution in [0, 0.1) is 5.82 Å². The fourth-order valence-corrected chi connectivity index (χ4v) is 3.18. The smallest absolute Gasteiger partial charge is 0.123 e. The normalized spacial score (nSPS) is 25.4. The van der Waals surface area contributed by atoms with E-state index >= 15 is 0 Å². The van der Waals surface area contributed by atoms with Crippen LogP contribution in [0.1, 0.15) is 39.2 Å². The van der Waals surface area contributed by atoms with Crippen LogP contribution in [0.2, 0.25) is 0 Å². The highest BCUT2D eigenvalue weighted by molar-refractivity contribution is 5.54. The summed E-state index contributed by atoms with van der Waals surface area (Å²) in [6.07, 6.45) is 2.99. The molecule has 2 fully saturated rings. The van der Waals surface area contributed by atoms with Gasteiger partial charge in [-0.3, -0.25) is 0 Å². The Morgan fingerprint density at radius 2 is 1.90 bits per heavy atom. The predicted octanol–water partition coefficient (Wildman–Crippen LogP) is 3.08. The van der Waals surface area contributed by atoms with Crippen LogP contribution in [-0.2, 0) is 11.3 Å². The molecule has 3 rings (SSSR count). The van der Waals surface area contributed by atoms with Crippen molar-refractivity contribution in [3.05, 3.63) is 29.6 Å². The standard InChI is InChI=1S/C17H25FN2O/c1-17(2,3)19-9-12-8-13(18)4-7-16(12)20-10-14-5-6-15(11-20)21-14/h4,7-8,14-15,19H,5-6,9-11H2,1-3H3. The fourth-order valence-electron chi connectivity index (χ4n) is 3.18. The zero-order valence-corrected chi connectivity index (χ0v) is 13.2. The molecule has 4 heteroatoms. The summed E-state index contributed by atoms with van der Waals surface area (Å²) in [6, 6.07) is 5.14. The Hall–Kier alpha value is -1.13. The first kappa shape index (κ1) is 14.8. The lowest BCUT2D eigenvalue weighted by Crippen LogP contribution is -2.43. The Morgan fingerprint density at radius 1 is 1.24 bits per heavy atom. The van der Waals surface area contributed by atoms with Crippen molar-refractivity contribution in [2.75, 3.05) is 18.0 Å². The molecule has 0 aliphatic carbocycles. The molecule has 0 aromatic heterocycles. The van der Waals surface area contributed by atoms with Gasteiger partial charge in [-0.25, -0.2) is 4.39 Å². The number of ether oxygens (including phenoxy) is 1. The SMILES string of the molecule is CC(C)(C)NCc1cc(F)ccc1N1CC2CCC(C1)O2. The number of anilines is 1. The van der Waals surface area contributed by atoms with Crippen LogP contribution in [0.3, 0.4) is 0 Å². The second-order valence-corrected chi connectivity index (χ2v) is 7.24. The largest absolute Gasteiger partial charge is 0.371 e. The van der Waals surface area contributed by atoms with Gasteiger partial charge >= 0.3 is 0 Å². The van der Waals surface area contributed by atoms with Crippen molar-refractivity contribution in [1.29, 1.82) is 0 Å². The minimum absolute atomic E-state index is 0.0215. The van der Waals surface area contributed by atoms with Gasteiger partial charge in [0.1, 0.15) is 5.82 Å². The first-order valence-corrected chi connectivity index (χ1v) is 7.84. The first-order valence-electron chi connectivity index (χ1n) is 7.84. The quantitative estimate of drug-likeness (QED) is 0.926. The van der Waals surface area contributed by atoms with Gasteiger partial charge in [-0.2, -0.15) is 0 Å². The summed E-state index contributed by atoms with van der Waals surface area (Å²) in [5.74, 6) is -0.166. The predicted molar refractivity (Wildman–Crippen MR) is 83.1 cm³/mol. The number of halogens is 1. The number of hydrogen-bond donors (Lipinski definition) is 1. The average Bonchev–Trinajstić information content (AvgIpc) is 2.74. The van der Waals surface area contributed by atoms with Crippen LogP contribution in [-0.4, -0.2) is 30.8 Å². The molecule has 0 amide bonds. The van der Waals surface area contributed by atoms with Crippen molar-refractivity contribution in [1.82, 2.24) is 5.32 Å². The Morgan fingerprint density at radius 3 is 2.52 bits per heavy atom. The number of hydrogen-bond acceptors (Lipinski definition) is 3. The molecule has 3 nitrogen and oxygen atoms in total. The monoisotopic (exact) mass is 292 g/mol.